The summed E-state index contributed by atoms with van der Waals surface area (Å²) in [5.74, 6) is 1.44. The van der Waals surface area contributed by atoms with Gasteiger partial charge in [-0.2, -0.15) is 24.9 Å². The molecule has 0 bridgehead atoms. The smallest absolute Gasteiger partial charge is 0.395 e. The standard InChI is InChI=1S/C15H19F4NOS/c16-12-5-3-11(4-6-12)14(15(17,18)19)20-13(7-21)9-22-8-10-1-2-10/h3-6,10,13-14,20-21H,1-2,7-9H2/t13-,14?/m1/s1. The van der Waals surface area contributed by atoms with Crippen molar-refractivity contribution in [3.63, 3.8) is 0 Å². The first kappa shape index (κ1) is 17.6. The van der Waals surface area contributed by atoms with Gasteiger partial charge in [0, 0.05) is 11.8 Å². The van der Waals surface area contributed by atoms with Crippen molar-refractivity contribution in [2.24, 2.45) is 5.92 Å². The normalized spacial score (nSPS) is 18.2. The van der Waals surface area contributed by atoms with Gasteiger partial charge in [-0.15, -0.1) is 0 Å². The monoisotopic (exact) mass is 337 g/mol. The zero-order valence-electron chi connectivity index (χ0n) is 11.9. The number of aliphatic hydroxyl groups excluding tert-OH is 1. The number of nitrogens with one attached hydrogen (secondary N) is 1. The van der Waals surface area contributed by atoms with Crippen LogP contribution in [-0.2, 0) is 0 Å². The number of aliphatic hydroxyl groups is 1. The highest BCUT2D eigenvalue weighted by molar-refractivity contribution is 7.99. The molecule has 0 radical (unpaired) electrons. The number of hydrogen-bond acceptors (Lipinski definition) is 3. The lowest BCUT2D eigenvalue weighted by Crippen LogP contribution is -2.43. The topological polar surface area (TPSA) is 32.3 Å². The van der Waals surface area contributed by atoms with E-state index in [0.29, 0.717) is 11.7 Å². The molecule has 0 aliphatic heterocycles. The third-order valence-corrected chi connectivity index (χ3v) is 4.87. The van der Waals surface area contributed by atoms with Crippen LogP contribution in [0.25, 0.3) is 0 Å². The van der Waals surface area contributed by atoms with Gasteiger partial charge in [-0.25, -0.2) is 4.39 Å². The molecule has 0 heterocycles. The van der Waals surface area contributed by atoms with E-state index < -0.39 is 24.1 Å². The summed E-state index contributed by atoms with van der Waals surface area (Å²) in [7, 11) is 0. The lowest BCUT2D eigenvalue weighted by atomic mass is 10.1. The molecule has 1 aliphatic rings. The Hall–Kier alpha value is -0.790. The second-order valence-corrected chi connectivity index (χ2v) is 6.63. The molecule has 2 atom stereocenters. The molecule has 2 rings (SSSR count). The Morgan fingerprint density at radius 2 is 1.86 bits per heavy atom. The van der Waals surface area contributed by atoms with Crippen molar-refractivity contribution in [1.82, 2.24) is 5.32 Å². The first-order chi connectivity index (χ1) is 10.4. The van der Waals surface area contributed by atoms with Crippen molar-refractivity contribution in [3.8, 4) is 0 Å². The van der Waals surface area contributed by atoms with Gasteiger partial charge in [0.15, 0.2) is 0 Å². The fourth-order valence-corrected chi connectivity index (χ4v) is 3.37. The van der Waals surface area contributed by atoms with Crippen LogP contribution in [0.5, 0.6) is 0 Å². The lowest BCUT2D eigenvalue weighted by Gasteiger charge is -2.27. The van der Waals surface area contributed by atoms with Crippen LogP contribution < -0.4 is 5.32 Å². The van der Waals surface area contributed by atoms with Gasteiger partial charge in [0.05, 0.1) is 6.61 Å². The molecule has 1 aromatic carbocycles. The van der Waals surface area contributed by atoms with Crippen LogP contribution in [-0.4, -0.2) is 35.4 Å². The highest BCUT2D eigenvalue weighted by Crippen LogP contribution is 2.34. The quantitative estimate of drug-likeness (QED) is 0.712. The fourth-order valence-electron chi connectivity index (χ4n) is 2.09. The molecule has 2 nitrogen and oxygen atoms in total. The maximum atomic E-state index is 13.2. The predicted octanol–water partition coefficient (Wildman–Crippen LogP) is 3.52. The summed E-state index contributed by atoms with van der Waals surface area (Å²) in [6, 6.07) is 1.68. The Balaban J connectivity index is 1.99. The van der Waals surface area contributed by atoms with Gasteiger partial charge in [-0.1, -0.05) is 12.1 Å². The van der Waals surface area contributed by atoms with Crippen molar-refractivity contribution >= 4 is 11.8 Å². The van der Waals surface area contributed by atoms with E-state index in [4.69, 9.17) is 0 Å². The van der Waals surface area contributed by atoms with Gasteiger partial charge in [0.2, 0.25) is 0 Å². The highest BCUT2D eigenvalue weighted by atomic mass is 32.2. The second-order valence-electron chi connectivity index (χ2n) is 5.55. The molecule has 1 fully saturated rings. The minimum atomic E-state index is -4.51. The Kier molecular flexibility index (Phi) is 6.11. The van der Waals surface area contributed by atoms with Crippen molar-refractivity contribution in [3.05, 3.63) is 35.6 Å². The number of thioether (sulfide) groups is 1. The van der Waals surface area contributed by atoms with Crippen LogP contribution in [0.1, 0.15) is 24.4 Å². The van der Waals surface area contributed by atoms with Crippen molar-refractivity contribution < 1.29 is 22.7 Å². The molecule has 0 amide bonds. The molecule has 0 saturated heterocycles. The summed E-state index contributed by atoms with van der Waals surface area (Å²) >= 11 is 1.56. The molecule has 7 heteroatoms. The average Bonchev–Trinajstić information content (AvgIpc) is 3.27. The molecule has 22 heavy (non-hydrogen) atoms. The van der Waals surface area contributed by atoms with E-state index in [1.165, 1.54) is 12.8 Å². The summed E-state index contributed by atoms with van der Waals surface area (Å²) in [6.07, 6.45) is -2.14. The summed E-state index contributed by atoms with van der Waals surface area (Å²) < 4.78 is 52.5. The van der Waals surface area contributed by atoms with Gasteiger partial charge < -0.3 is 5.11 Å². The highest BCUT2D eigenvalue weighted by Gasteiger charge is 2.41. The summed E-state index contributed by atoms with van der Waals surface area (Å²) in [6.45, 7) is -0.370. The predicted molar refractivity (Wildman–Crippen MR) is 79.3 cm³/mol. The van der Waals surface area contributed by atoms with Gasteiger partial charge in [-0.05, 0) is 42.2 Å². The van der Waals surface area contributed by atoms with Gasteiger partial charge in [0.25, 0.3) is 0 Å². The van der Waals surface area contributed by atoms with Crippen LogP contribution in [0.15, 0.2) is 24.3 Å². The molecular formula is C15H19F4NOS. The fraction of sp³-hybridized carbons (Fsp3) is 0.600. The number of halogens is 4. The third-order valence-electron chi connectivity index (χ3n) is 3.52. The number of hydrogen-bond donors (Lipinski definition) is 2. The summed E-state index contributed by atoms with van der Waals surface area (Å²) in [5.41, 5.74) is -0.0560. The molecule has 0 aromatic heterocycles. The second kappa shape index (κ2) is 7.66. The lowest BCUT2D eigenvalue weighted by molar-refractivity contribution is -0.159. The van der Waals surface area contributed by atoms with E-state index in [-0.39, 0.29) is 12.2 Å². The minimum absolute atomic E-state index is 0.0560. The molecule has 1 saturated carbocycles. The SMILES string of the molecule is OC[C@H](CSCC1CC1)NC(c1ccc(F)cc1)C(F)(F)F. The van der Waals surface area contributed by atoms with E-state index in [1.807, 2.05) is 0 Å². The molecular weight excluding hydrogens is 318 g/mol. The first-order valence-corrected chi connectivity index (χ1v) is 8.32. The van der Waals surface area contributed by atoms with Gasteiger partial charge >= 0.3 is 6.18 Å². The van der Waals surface area contributed by atoms with Crippen LogP contribution in [0.2, 0.25) is 0 Å². The van der Waals surface area contributed by atoms with E-state index >= 15 is 0 Å². The zero-order chi connectivity index (χ0) is 16.2. The van der Waals surface area contributed by atoms with Crippen molar-refractivity contribution in [2.75, 3.05) is 18.1 Å². The molecule has 2 N–H and O–H groups in total. The molecule has 1 aromatic rings. The van der Waals surface area contributed by atoms with E-state index in [0.717, 1.165) is 30.0 Å². The minimum Gasteiger partial charge on any atom is -0.395 e. The number of benzene rings is 1. The molecule has 1 unspecified atom stereocenters. The van der Waals surface area contributed by atoms with Gasteiger partial charge in [0.1, 0.15) is 11.9 Å². The molecule has 0 spiro atoms. The van der Waals surface area contributed by atoms with Crippen molar-refractivity contribution in [2.45, 2.75) is 31.1 Å². The van der Waals surface area contributed by atoms with Crippen LogP contribution in [0, 0.1) is 11.7 Å². The van der Waals surface area contributed by atoms with E-state index in [1.54, 1.807) is 11.8 Å². The van der Waals surface area contributed by atoms with E-state index in [2.05, 4.69) is 5.32 Å². The Morgan fingerprint density at radius 1 is 1.23 bits per heavy atom. The number of alkyl halides is 3. The van der Waals surface area contributed by atoms with Crippen LogP contribution in [0.3, 0.4) is 0 Å². The Bertz CT molecular complexity index is 462. The summed E-state index contributed by atoms with van der Waals surface area (Å²) in [4.78, 5) is 0. The van der Waals surface area contributed by atoms with E-state index in [9.17, 15) is 22.7 Å². The van der Waals surface area contributed by atoms with Crippen LogP contribution in [0.4, 0.5) is 17.6 Å². The number of rotatable bonds is 8. The average molecular weight is 337 g/mol. The Labute approximate surface area is 131 Å². The van der Waals surface area contributed by atoms with Crippen LogP contribution >= 0.6 is 11.8 Å². The largest absolute Gasteiger partial charge is 0.407 e. The maximum absolute atomic E-state index is 13.2. The zero-order valence-corrected chi connectivity index (χ0v) is 12.8. The summed E-state index contributed by atoms with van der Waals surface area (Å²) in [5, 5.41) is 11.8. The van der Waals surface area contributed by atoms with Gasteiger partial charge in [-0.3, -0.25) is 5.32 Å². The maximum Gasteiger partial charge on any atom is 0.407 e. The molecule has 1 aliphatic carbocycles. The van der Waals surface area contributed by atoms with Crippen molar-refractivity contribution in [1.29, 1.82) is 0 Å². The third kappa shape index (κ3) is 5.44. The Morgan fingerprint density at radius 3 is 2.36 bits per heavy atom. The molecule has 124 valence electrons. The first-order valence-electron chi connectivity index (χ1n) is 7.17.